The molecule has 0 spiro atoms. The van der Waals surface area contributed by atoms with Gasteiger partial charge < -0.3 is 69.6 Å². The summed E-state index contributed by atoms with van der Waals surface area (Å²) in [5, 5.41) is 91.0. The largest absolute Gasteiger partial charge is 0.475 e. The molecule has 2 saturated heterocycles. The Hall–Kier alpha value is -1.47. The van der Waals surface area contributed by atoms with Gasteiger partial charge in [0.15, 0.2) is 12.6 Å². The topological polar surface area (TPSA) is 245 Å². The first-order valence-corrected chi connectivity index (χ1v) is 12.0. The minimum absolute atomic E-state index is 0.0269. The van der Waals surface area contributed by atoms with E-state index < -0.39 is 111 Å². The van der Waals surface area contributed by atoms with E-state index in [1.54, 1.807) is 6.92 Å². The quantitative estimate of drug-likeness (QED) is 0.135. The first kappa shape index (κ1) is 30.1. The van der Waals surface area contributed by atoms with Gasteiger partial charge in [0.25, 0.3) is 0 Å². The molecule has 3 rings (SSSR count). The van der Waals surface area contributed by atoms with Crippen LogP contribution in [0.15, 0.2) is 11.3 Å². The molecule has 9 N–H and O–H groups in total. The highest BCUT2D eigenvalue weighted by Gasteiger charge is 2.48. The second kappa shape index (κ2) is 12.6. The lowest BCUT2D eigenvalue weighted by Crippen LogP contribution is -2.59. The molecule has 3 aliphatic heterocycles. The summed E-state index contributed by atoms with van der Waals surface area (Å²) in [6.45, 7) is 1.48. The molecule has 9 unspecified atom stereocenters. The fourth-order valence-electron chi connectivity index (χ4n) is 4.68. The highest BCUT2D eigenvalue weighted by molar-refractivity contribution is 5.85. The third-order valence-electron chi connectivity index (χ3n) is 7.00. The van der Waals surface area contributed by atoms with Gasteiger partial charge in [-0.25, -0.2) is 4.79 Å². The summed E-state index contributed by atoms with van der Waals surface area (Å²) in [6, 6.07) is 0. The van der Waals surface area contributed by atoms with Crippen molar-refractivity contribution in [3.05, 3.63) is 11.3 Å². The van der Waals surface area contributed by atoms with Crippen molar-refractivity contribution in [3.63, 3.8) is 0 Å². The van der Waals surface area contributed by atoms with Crippen LogP contribution in [0.1, 0.15) is 20.3 Å². The van der Waals surface area contributed by atoms with Crippen molar-refractivity contribution in [3.8, 4) is 0 Å². The summed E-state index contributed by atoms with van der Waals surface area (Å²) in [4.78, 5) is 11.5. The van der Waals surface area contributed by atoms with E-state index in [2.05, 4.69) is 0 Å². The van der Waals surface area contributed by atoms with Crippen LogP contribution in [0.5, 0.6) is 0 Å². The maximum atomic E-state index is 11.5. The van der Waals surface area contributed by atoms with Crippen molar-refractivity contribution in [2.75, 3.05) is 19.8 Å². The molecule has 3 heterocycles. The molecule has 2 fully saturated rings. The van der Waals surface area contributed by atoms with Crippen LogP contribution in [-0.2, 0) is 28.5 Å². The standard InChI is InChI=1S/C22H36O15/c1-3-8-14(26)16(28)22(37-18(8)19(30)31)34-6-10-9(13(25)11(4-23)36-20(10)32)5-33-21-17(29)15(27)12(24)7(2)35-21/h7,9-17,20-29,32H,3-6H2,1-2H3,(H,30,31)/t7?,9?,10?,11?,12-,13+,14?,15?,16?,17?,20?,21-,22-/m1/s1. The van der Waals surface area contributed by atoms with Gasteiger partial charge in [0.1, 0.15) is 36.6 Å². The van der Waals surface area contributed by atoms with E-state index >= 15 is 0 Å². The van der Waals surface area contributed by atoms with E-state index in [0.29, 0.717) is 0 Å². The predicted octanol–water partition coefficient (Wildman–Crippen LogP) is -4.02. The van der Waals surface area contributed by atoms with Crippen molar-refractivity contribution in [2.24, 2.45) is 11.8 Å². The van der Waals surface area contributed by atoms with Crippen molar-refractivity contribution in [1.82, 2.24) is 0 Å². The lowest BCUT2D eigenvalue weighted by molar-refractivity contribution is -0.315. The highest BCUT2D eigenvalue weighted by atomic mass is 16.7. The Morgan fingerprint density at radius 2 is 1.46 bits per heavy atom. The molecular weight excluding hydrogens is 504 g/mol. The van der Waals surface area contributed by atoms with Crippen LogP contribution in [0.25, 0.3) is 0 Å². The summed E-state index contributed by atoms with van der Waals surface area (Å²) in [6.07, 6.45) is -15.9. The summed E-state index contributed by atoms with van der Waals surface area (Å²) in [5.74, 6) is -4.17. The molecule has 0 bridgehead atoms. The minimum atomic E-state index is -1.66. The first-order valence-electron chi connectivity index (χ1n) is 12.0. The molecule has 214 valence electrons. The minimum Gasteiger partial charge on any atom is -0.475 e. The van der Waals surface area contributed by atoms with Gasteiger partial charge in [-0.2, -0.15) is 0 Å². The van der Waals surface area contributed by atoms with Crippen LogP contribution in [-0.4, -0.2) is 139 Å². The number of hydrogen-bond acceptors (Lipinski definition) is 14. The normalized spacial score (nSPS) is 45.0. The average molecular weight is 541 g/mol. The van der Waals surface area contributed by atoms with Crippen molar-refractivity contribution in [2.45, 2.75) is 88.0 Å². The lowest BCUT2D eigenvalue weighted by atomic mass is 9.83. The number of carbonyl (C=O) groups is 1. The van der Waals surface area contributed by atoms with E-state index in [1.807, 2.05) is 0 Å². The van der Waals surface area contributed by atoms with Crippen LogP contribution in [0.2, 0.25) is 0 Å². The van der Waals surface area contributed by atoms with Gasteiger partial charge in [-0.3, -0.25) is 0 Å². The zero-order chi connectivity index (χ0) is 27.6. The number of rotatable bonds is 9. The second-order valence-electron chi connectivity index (χ2n) is 9.35. The Morgan fingerprint density at radius 3 is 2.05 bits per heavy atom. The number of aliphatic carboxylic acids is 1. The first-order chi connectivity index (χ1) is 17.4. The van der Waals surface area contributed by atoms with Gasteiger partial charge >= 0.3 is 5.97 Å². The molecule has 3 aliphatic rings. The Kier molecular flexibility index (Phi) is 10.2. The van der Waals surface area contributed by atoms with E-state index in [1.165, 1.54) is 6.92 Å². The number of hydrogen-bond donors (Lipinski definition) is 9. The van der Waals surface area contributed by atoms with E-state index in [0.717, 1.165) is 0 Å². The van der Waals surface area contributed by atoms with Gasteiger partial charge in [-0.05, 0) is 13.3 Å². The number of carboxylic acid groups (broad SMARTS) is 1. The Morgan fingerprint density at radius 1 is 0.838 bits per heavy atom. The van der Waals surface area contributed by atoms with E-state index in [4.69, 9.17) is 23.7 Å². The average Bonchev–Trinajstić information content (AvgIpc) is 2.86. The molecule has 0 amide bonds. The van der Waals surface area contributed by atoms with Crippen LogP contribution in [0.4, 0.5) is 0 Å². The van der Waals surface area contributed by atoms with Gasteiger partial charge in [0.2, 0.25) is 12.0 Å². The van der Waals surface area contributed by atoms with Crippen molar-refractivity contribution < 1.29 is 74.4 Å². The monoisotopic (exact) mass is 540 g/mol. The third kappa shape index (κ3) is 6.24. The maximum absolute atomic E-state index is 11.5. The Balaban J connectivity index is 1.73. The van der Waals surface area contributed by atoms with E-state index in [9.17, 15) is 50.8 Å². The fraction of sp³-hybridized carbons (Fsp3) is 0.864. The fourth-order valence-corrected chi connectivity index (χ4v) is 4.68. The summed E-state index contributed by atoms with van der Waals surface area (Å²) >= 11 is 0. The molecule has 13 atom stereocenters. The van der Waals surface area contributed by atoms with Crippen LogP contribution < -0.4 is 0 Å². The predicted molar refractivity (Wildman–Crippen MR) is 117 cm³/mol. The maximum Gasteiger partial charge on any atom is 0.371 e. The summed E-state index contributed by atoms with van der Waals surface area (Å²) in [5.41, 5.74) is -0.0269. The summed E-state index contributed by atoms with van der Waals surface area (Å²) in [7, 11) is 0. The zero-order valence-corrected chi connectivity index (χ0v) is 20.3. The van der Waals surface area contributed by atoms with Crippen LogP contribution in [0, 0.1) is 11.8 Å². The summed E-state index contributed by atoms with van der Waals surface area (Å²) < 4.78 is 26.9. The molecular formula is C22H36O15. The number of ether oxygens (including phenoxy) is 5. The molecule has 0 aromatic carbocycles. The molecule has 0 aromatic rings. The zero-order valence-electron chi connectivity index (χ0n) is 20.3. The van der Waals surface area contributed by atoms with E-state index in [-0.39, 0.29) is 12.0 Å². The molecule has 15 heteroatoms. The van der Waals surface area contributed by atoms with Gasteiger partial charge in [-0.15, -0.1) is 0 Å². The molecule has 0 aromatic heterocycles. The smallest absolute Gasteiger partial charge is 0.371 e. The second-order valence-corrected chi connectivity index (χ2v) is 9.35. The van der Waals surface area contributed by atoms with Gasteiger partial charge in [0.05, 0.1) is 32.0 Å². The number of carboxylic acids is 1. The van der Waals surface area contributed by atoms with Crippen LogP contribution >= 0.6 is 0 Å². The molecule has 0 saturated carbocycles. The highest BCUT2D eigenvalue weighted by Crippen LogP contribution is 2.34. The van der Waals surface area contributed by atoms with Gasteiger partial charge in [-0.1, -0.05) is 6.92 Å². The SMILES string of the molecule is CCC1=C(C(=O)O)O[C@@H](OCC2C(O)OC(CO)[C@@H](O)C2CO[C@@H]2OC(C)[C@@H](O)C(O)C2O)C(O)C1O. The molecule has 0 aliphatic carbocycles. The third-order valence-corrected chi connectivity index (χ3v) is 7.00. The molecule has 37 heavy (non-hydrogen) atoms. The Labute approximate surface area is 212 Å². The molecule has 0 radical (unpaired) electrons. The van der Waals surface area contributed by atoms with Crippen molar-refractivity contribution in [1.29, 1.82) is 0 Å². The lowest BCUT2D eigenvalue weighted by Gasteiger charge is -2.44. The number of aliphatic hydroxyl groups is 8. The van der Waals surface area contributed by atoms with Crippen molar-refractivity contribution >= 4 is 5.97 Å². The molecule has 15 nitrogen and oxygen atoms in total. The Bertz CT molecular complexity index is 807. The van der Waals surface area contributed by atoms with Crippen LogP contribution in [0.3, 0.4) is 0 Å². The number of aliphatic hydroxyl groups excluding tert-OH is 8. The van der Waals surface area contributed by atoms with Gasteiger partial charge in [0, 0.05) is 17.4 Å².